The van der Waals surface area contributed by atoms with Crippen LogP contribution in [0.2, 0.25) is 0 Å². The van der Waals surface area contributed by atoms with Gasteiger partial charge in [0.2, 0.25) is 0 Å². The topological polar surface area (TPSA) is 84.1 Å². The molecule has 1 aliphatic heterocycles. The summed E-state index contributed by atoms with van der Waals surface area (Å²) in [6.45, 7) is 0. The van der Waals surface area contributed by atoms with Crippen molar-refractivity contribution in [2.45, 2.75) is 31.7 Å². The van der Waals surface area contributed by atoms with Gasteiger partial charge in [-0.3, -0.25) is 9.89 Å². The minimum absolute atomic E-state index is 0.115. The van der Waals surface area contributed by atoms with E-state index in [-0.39, 0.29) is 11.9 Å². The van der Waals surface area contributed by atoms with Crippen LogP contribution in [0.4, 0.5) is 0 Å². The van der Waals surface area contributed by atoms with Gasteiger partial charge in [0.25, 0.3) is 5.91 Å². The number of aromatic nitrogens is 2. The summed E-state index contributed by atoms with van der Waals surface area (Å²) in [5.41, 5.74) is 6.54. The zero-order valence-electron chi connectivity index (χ0n) is 20.6. The summed E-state index contributed by atoms with van der Waals surface area (Å²) in [4.78, 5) is 24.7. The van der Waals surface area contributed by atoms with Gasteiger partial charge in [-0.25, -0.2) is 4.79 Å². The van der Waals surface area contributed by atoms with Gasteiger partial charge in [0, 0.05) is 17.5 Å². The van der Waals surface area contributed by atoms with Crippen LogP contribution in [-0.2, 0) is 17.6 Å². The average molecular weight is 490 g/mol. The van der Waals surface area contributed by atoms with Crippen molar-refractivity contribution in [2.24, 2.45) is 0 Å². The Bertz CT molecular complexity index is 1480. The smallest absolute Gasteiger partial charge is 0.337 e. The molecule has 5 rings (SSSR count). The third-order valence-corrected chi connectivity index (χ3v) is 6.53. The van der Waals surface area contributed by atoms with Gasteiger partial charge in [0.1, 0.15) is 5.69 Å². The van der Waals surface area contributed by atoms with Gasteiger partial charge in [0.15, 0.2) is 0 Å². The molecule has 0 aliphatic carbocycles. The van der Waals surface area contributed by atoms with Gasteiger partial charge in [0.05, 0.1) is 24.4 Å². The number of unbranched alkanes of at least 4 members (excludes halogenated alkanes) is 1. The number of nitrogens with one attached hydrogen (secondary N) is 2. The van der Waals surface area contributed by atoms with Crippen LogP contribution in [0.5, 0.6) is 0 Å². The van der Waals surface area contributed by atoms with Gasteiger partial charge in [-0.2, -0.15) is 5.10 Å². The van der Waals surface area contributed by atoms with E-state index < -0.39 is 5.97 Å². The minimum atomic E-state index is -0.395. The number of amides is 1. The van der Waals surface area contributed by atoms with Crippen molar-refractivity contribution < 1.29 is 14.3 Å². The second kappa shape index (κ2) is 11.0. The van der Waals surface area contributed by atoms with Crippen LogP contribution < -0.4 is 5.32 Å². The first kappa shape index (κ1) is 24.1. The molecule has 0 saturated carbocycles. The Hall–Kier alpha value is -4.63. The van der Waals surface area contributed by atoms with Crippen molar-refractivity contribution in [3.8, 4) is 23.0 Å². The first-order valence-corrected chi connectivity index (χ1v) is 12.3. The highest BCUT2D eigenvalue weighted by molar-refractivity contribution is 5.97. The maximum Gasteiger partial charge on any atom is 0.337 e. The molecule has 0 fully saturated rings. The fourth-order valence-corrected chi connectivity index (χ4v) is 4.65. The molecule has 1 aliphatic rings. The maximum atomic E-state index is 12.8. The third-order valence-electron chi connectivity index (χ3n) is 6.53. The fraction of sp³-hybridized carbons (Fsp3) is 0.194. The fourth-order valence-electron chi connectivity index (χ4n) is 4.65. The lowest BCUT2D eigenvalue weighted by molar-refractivity contribution is 0.0600. The largest absolute Gasteiger partial charge is 0.465 e. The zero-order chi connectivity index (χ0) is 25.6. The number of nitrogens with zero attached hydrogens (tertiary/aromatic N) is 1. The molecule has 4 aromatic rings. The number of benzene rings is 3. The van der Waals surface area contributed by atoms with Crippen molar-refractivity contribution in [1.29, 1.82) is 0 Å². The summed E-state index contributed by atoms with van der Waals surface area (Å²) in [5, 5.41) is 10.8. The molecule has 6 nitrogen and oxygen atoms in total. The lowest BCUT2D eigenvalue weighted by atomic mass is 9.90. The molecule has 3 aromatic carbocycles. The van der Waals surface area contributed by atoms with E-state index in [1.807, 2.05) is 54.6 Å². The normalized spacial score (nSPS) is 14.2. The number of methoxy groups -OCH3 is 1. The second-order valence-electron chi connectivity index (χ2n) is 8.96. The first-order valence-electron chi connectivity index (χ1n) is 12.3. The maximum absolute atomic E-state index is 12.8. The van der Waals surface area contributed by atoms with Crippen molar-refractivity contribution in [2.75, 3.05) is 7.11 Å². The van der Waals surface area contributed by atoms with Gasteiger partial charge in [-0.1, -0.05) is 66.6 Å². The molecule has 1 aromatic heterocycles. The monoisotopic (exact) mass is 489 g/mol. The van der Waals surface area contributed by atoms with E-state index >= 15 is 0 Å². The Balaban J connectivity index is 1.44. The summed E-state index contributed by atoms with van der Waals surface area (Å²) in [7, 11) is 1.36. The highest BCUT2D eigenvalue weighted by Crippen LogP contribution is 2.34. The van der Waals surface area contributed by atoms with E-state index in [9.17, 15) is 9.59 Å². The van der Waals surface area contributed by atoms with Crippen LogP contribution in [0.1, 0.15) is 62.1 Å². The summed E-state index contributed by atoms with van der Waals surface area (Å²) in [6, 6.07) is 24.9. The van der Waals surface area contributed by atoms with Gasteiger partial charge in [-0.15, -0.1) is 0 Å². The zero-order valence-corrected chi connectivity index (χ0v) is 20.6. The van der Waals surface area contributed by atoms with Gasteiger partial charge < -0.3 is 10.1 Å². The van der Waals surface area contributed by atoms with Crippen molar-refractivity contribution in [3.05, 3.63) is 113 Å². The molecule has 0 spiro atoms. The van der Waals surface area contributed by atoms with E-state index in [2.05, 4.69) is 39.5 Å². The van der Waals surface area contributed by atoms with Gasteiger partial charge >= 0.3 is 5.97 Å². The molecule has 1 unspecified atom stereocenters. The van der Waals surface area contributed by atoms with Crippen molar-refractivity contribution in [3.63, 3.8) is 0 Å². The molecular formula is C31H27N3O3. The number of esters is 1. The highest BCUT2D eigenvalue weighted by Gasteiger charge is 2.30. The number of carbonyl (C=O) groups is 2. The van der Waals surface area contributed by atoms with E-state index in [0.29, 0.717) is 23.2 Å². The lowest BCUT2D eigenvalue weighted by Crippen LogP contribution is -2.35. The Labute approximate surface area is 216 Å². The quantitative estimate of drug-likeness (QED) is 0.220. The predicted octanol–water partition coefficient (Wildman–Crippen LogP) is 5.26. The van der Waals surface area contributed by atoms with Crippen LogP contribution >= 0.6 is 0 Å². The molecule has 184 valence electrons. The molecule has 1 amide bonds. The molecule has 0 saturated heterocycles. The Morgan fingerprint density at radius 1 is 1.03 bits per heavy atom. The number of hydrogen-bond acceptors (Lipinski definition) is 4. The predicted molar refractivity (Wildman–Crippen MR) is 142 cm³/mol. The van der Waals surface area contributed by atoms with Crippen LogP contribution in [0.25, 0.3) is 11.1 Å². The molecular weight excluding hydrogens is 462 g/mol. The molecule has 0 radical (unpaired) electrons. The number of rotatable bonds is 6. The Kier molecular flexibility index (Phi) is 7.14. The average Bonchev–Trinajstić information content (AvgIpc) is 3.37. The van der Waals surface area contributed by atoms with Crippen molar-refractivity contribution in [1.82, 2.24) is 15.5 Å². The number of aromatic amines is 1. The number of aryl methyl sites for hydroxylation is 1. The number of H-pyrrole nitrogens is 1. The molecule has 1 atom stereocenters. The lowest BCUT2D eigenvalue weighted by Gasteiger charge is -2.25. The summed E-state index contributed by atoms with van der Waals surface area (Å²) >= 11 is 0. The number of fused-ring (bicyclic) bond motifs is 1. The molecule has 37 heavy (non-hydrogen) atoms. The van der Waals surface area contributed by atoms with E-state index in [4.69, 9.17) is 4.74 Å². The van der Waals surface area contributed by atoms with Crippen LogP contribution in [0.3, 0.4) is 0 Å². The second-order valence-corrected chi connectivity index (χ2v) is 8.96. The Morgan fingerprint density at radius 3 is 2.57 bits per heavy atom. The van der Waals surface area contributed by atoms with E-state index in [0.717, 1.165) is 41.6 Å². The van der Waals surface area contributed by atoms with E-state index in [1.54, 1.807) is 12.1 Å². The van der Waals surface area contributed by atoms with E-state index in [1.165, 1.54) is 12.7 Å². The number of hydrogen-bond donors (Lipinski definition) is 2. The molecule has 2 heterocycles. The molecule has 2 N–H and O–H groups in total. The minimum Gasteiger partial charge on any atom is -0.465 e. The summed E-state index contributed by atoms with van der Waals surface area (Å²) in [6.07, 6.45) is 3.30. The standard InChI is InChI=1S/C31H27N3O3/c1-37-31(36)23-18-16-22(17-19-23)28-26(15-7-3-6-12-21-10-4-2-5-11-21)33-34-29(28)27-20-24-13-8-9-14-25(24)30(35)32-27/h2,4-5,8-11,13-14,16-19,27H,3,6,12,20H2,1H3,(H,32,35)(H,33,34). The van der Waals surface area contributed by atoms with Crippen LogP contribution in [-0.4, -0.2) is 29.2 Å². The summed E-state index contributed by atoms with van der Waals surface area (Å²) in [5.74, 6) is 6.03. The van der Waals surface area contributed by atoms with Crippen LogP contribution in [0.15, 0.2) is 78.9 Å². The Morgan fingerprint density at radius 2 is 1.78 bits per heavy atom. The summed E-state index contributed by atoms with van der Waals surface area (Å²) < 4.78 is 4.84. The van der Waals surface area contributed by atoms with Crippen molar-refractivity contribution >= 4 is 11.9 Å². The number of ether oxygens (including phenoxy) is 1. The SMILES string of the molecule is COC(=O)c1ccc(-c2c(C3Cc4ccccc4C(=O)N3)n[nH]c2C#CCCCc2ccccc2)cc1. The highest BCUT2D eigenvalue weighted by atomic mass is 16.5. The third kappa shape index (κ3) is 5.31. The molecule has 0 bridgehead atoms. The van der Waals surface area contributed by atoms with Gasteiger partial charge in [-0.05, 0) is 60.1 Å². The molecule has 6 heteroatoms. The number of carbonyl (C=O) groups excluding carboxylic acids is 2. The van der Waals surface area contributed by atoms with Crippen LogP contribution in [0, 0.1) is 11.8 Å². The first-order chi connectivity index (χ1) is 18.1.